The van der Waals surface area contributed by atoms with E-state index in [0.29, 0.717) is 24.8 Å². The van der Waals surface area contributed by atoms with Gasteiger partial charge in [0.1, 0.15) is 11.7 Å². The van der Waals surface area contributed by atoms with E-state index in [2.05, 4.69) is 5.10 Å². The molecule has 0 bridgehead atoms. The maximum Gasteiger partial charge on any atom is 0.322 e. The number of aromatic nitrogens is 2. The lowest BCUT2D eigenvalue weighted by Gasteiger charge is -2.34. The van der Waals surface area contributed by atoms with Gasteiger partial charge in [0.25, 0.3) is 5.91 Å². The average molecular weight is 294 g/mol. The molecular formula is C13H20N5O3+. The summed E-state index contributed by atoms with van der Waals surface area (Å²) in [5.41, 5.74) is 0.221. The minimum Gasteiger partial charge on any atom is -0.330 e. The molecule has 1 aromatic rings. The highest BCUT2D eigenvalue weighted by Gasteiger charge is 2.39. The summed E-state index contributed by atoms with van der Waals surface area (Å²) in [7, 11) is 1.62. The van der Waals surface area contributed by atoms with Gasteiger partial charge in [0.05, 0.1) is 31.1 Å². The molecular weight excluding hydrogens is 274 g/mol. The lowest BCUT2D eigenvalue weighted by atomic mass is 10.1. The van der Waals surface area contributed by atoms with Crippen LogP contribution in [0.4, 0.5) is 5.69 Å². The van der Waals surface area contributed by atoms with Gasteiger partial charge >= 0.3 is 5.69 Å². The molecule has 1 N–H and O–H groups in total. The number of nitro groups is 1. The molecule has 114 valence electrons. The second-order valence-corrected chi connectivity index (χ2v) is 5.91. The number of rotatable bonds is 2. The molecule has 8 heteroatoms. The van der Waals surface area contributed by atoms with Gasteiger partial charge in [-0.25, -0.2) is 0 Å². The number of hydrogen-bond donors (Lipinski definition) is 1. The number of carbonyl (C=O) groups excluding carboxylic acids is 1. The van der Waals surface area contributed by atoms with Gasteiger partial charge in [-0.05, 0) is 6.92 Å². The van der Waals surface area contributed by atoms with E-state index in [0.717, 1.165) is 13.0 Å². The molecule has 8 nitrogen and oxygen atoms in total. The van der Waals surface area contributed by atoms with Crippen LogP contribution in [-0.4, -0.2) is 57.7 Å². The predicted molar refractivity (Wildman–Crippen MR) is 74.2 cm³/mol. The van der Waals surface area contributed by atoms with Gasteiger partial charge in [0.15, 0.2) is 0 Å². The summed E-state index contributed by atoms with van der Waals surface area (Å²) in [5.74, 6) is -0.309. The molecule has 2 aliphatic heterocycles. The highest BCUT2D eigenvalue weighted by Crippen LogP contribution is 2.24. The maximum absolute atomic E-state index is 12.6. The van der Waals surface area contributed by atoms with Gasteiger partial charge in [-0.3, -0.25) is 19.6 Å². The van der Waals surface area contributed by atoms with Crippen LogP contribution in [0.2, 0.25) is 0 Å². The van der Waals surface area contributed by atoms with Crippen LogP contribution >= 0.6 is 0 Å². The van der Waals surface area contributed by atoms with Gasteiger partial charge in [0.2, 0.25) is 5.69 Å². The van der Waals surface area contributed by atoms with E-state index >= 15 is 0 Å². The van der Waals surface area contributed by atoms with E-state index in [9.17, 15) is 14.9 Å². The minimum absolute atomic E-state index is 0.0264. The molecule has 3 rings (SSSR count). The fourth-order valence-corrected chi connectivity index (χ4v) is 3.46. The number of nitrogens with one attached hydrogen (secondary N) is 1. The molecule has 3 heterocycles. The maximum atomic E-state index is 12.6. The number of hydrogen-bond acceptors (Lipinski definition) is 4. The lowest BCUT2D eigenvalue weighted by Crippen LogP contribution is -3.16. The summed E-state index contributed by atoms with van der Waals surface area (Å²) in [6, 6.07) is 0.478. The number of carbonyl (C=O) groups is 1. The summed E-state index contributed by atoms with van der Waals surface area (Å²) in [6.07, 6.45) is 2.33. The zero-order valence-electron chi connectivity index (χ0n) is 12.3. The van der Waals surface area contributed by atoms with E-state index in [4.69, 9.17) is 0 Å². The third-order valence-corrected chi connectivity index (χ3v) is 4.75. The van der Waals surface area contributed by atoms with Gasteiger partial charge in [0, 0.05) is 19.9 Å². The molecule has 0 saturated carbocycles. The Hall–Kier alpha value is -1.96. The number of fused-ring (bicyclic) bond motifs is 1. The fraction of sp³-hybridized carbons (Fsp3) is 0.692. The Bertz CT molecular complexity index is 597. The zero-order valence-corrected chi connectivity index (χ0v) is 12.3. The Morgan fingerprint density at radius 2 is 2.24 bits per heavy atom. The van der Waals surface area contributed by atoms with Crippen molar-refractivity contribution in [1.29, 1.82) is 0 Å². The molecule has 1 aromatic heterocycles. The SMILES string of the molecule is Cc1c([N+](=O)[O-])c(C(=O)N2CC[NH+]3CCC[C@@H]3C2)nn1C. The van der Waals surface area contributed by atoms with E-state index in [1.807, 2.05) is 0 Å². The fourth-order valence-electron chi connectivity index (χ4n) is 3.46. The van der Waals surface area contributed by atoms with Crippen molar-refractivity contribution in [3.8, 4) is 0 Å². The van der Waals surface area contributed by atoms with Gasteiger partial charge in [-0.1, -0.05) is 0 Å². The summed E-state index contributed by atoms with van der Waals surface area (Å²) >= 11 is 0. The van der Waals surface area contributed by atoms with Crippen LogP contribution in [0.5, 0.6) is 0 Å². The van der Waals surface area contributed by atoms with Gasteiger partial charge in [-0.2, -0.15) is 5.10 Å². The zero-order chi connectivity index (χ0) is 15.1. The van der Waals surface area contributed by atoms with Crippen molar-refractivity contribution in [3.05, 3.63) is 21.5 Å². The Kier molecular flexibility index (Phi) is 3.40. The third kappa shape index (κ3) is 2.29. The molecule has 0 spiro atoms. The number of nitrogens with zero attached hydrogens (tertiary/aromatic N) is 4. The predicted octanol–water partition coefficient (Wildman–Crippen LogP) is -0.860. The first kappa shape index (κ1) is 14.0. The van der Waals surface area contributed by atoms with E-state index in [1.165, 1.54) is 17.6 Å². The molecule has 1 amide bonds. The van der Waals surface area contributed by atoms with Gasteiger partial charge in [-0.15, -0.1) is 0 Å². The van der Waals surface area contributed by atoms with Crippen LogP contribution in [-0.2, 0) is 7.05 Å². The summed E-state index contributed by atoms with van der Waals surface area (Å²) < 4.78 is 1.41. The molecule has 0 aliphatic carbocycles. The Balaban J connectivity index is 1.85. The number of aryl methyl sites for hydroxylation is 1. The standard InChI is InChI=1S/C13H19N5O3/c1-9-12(18(20)21)11(14-15(9)2)13(19)17-7-6-16-5-3-4-10(16)8-17/h10H,3-8H2,1-2H3/p+1/t10-/m1/s1. The average Bonchev–Trinajstić information content (AvgIpc) is 3.02. The molecule has 2 fully saturated rings. The van der Waals surface area contributed by atoms with Crippen molar-refractivity contribution in [2.45, 2.75) is 25.8 Å². The highest BCUT2D eigenvalue weighted by molar-refractivity contribution is 5.96. The van der Waals surface area contributed by atoms with Crippen molar-refractivity contribution in [3.63, 3.8) is 0 Å². The largest absolute Gasteiger partial charge is 0.330 e. The van der Waals surface area contributed by atoms with Crippen LogP contribution < -0.4 is 4.90 Å². The van der Waals surface area contributed by atoms with Crippen LogP contribution in [0.3, 0.4) is 0 Å². The van der Waals surface area contributed by atoms with Crippen molar-refractivity contribution in [1.82, 2.24) is 14.7 Å². The summed E-state index contributed by atoms with van der Waals surface area (Å²) in [4.78, 5) is 26.6. The second-order valence-electron chi connectivity index (χ2n) is 5.91. The van der Waals surface area contributed by atoms with Crippen LogP contribution in [0.25, 0.3) is 0 Å². The molecule has 2 saturated heterocycles. The molecule has 1 unspecified atom stereocenters. The summed E-state index contributed by atoms with van der Waals surface area (Å²) in [5, 5.41) is 15.3. The monoisotopic (exact) mass is 294 g/mol. The number of quaternary nitrogens is 1. The lowest BCUT2D eigenvalue weighted by molar-refractivity contribution is -0.916. The smallest absolute Gasteiger partial charge is 0.322 e. The summed E-state index contributed by atoms with van der Waals surface area (Å²) in [6.45, 7) is 5.05. The first-order valence-corrected chi connectivity index (χ1v) is 7.31. The topological polar surface area (TPSA) is 85.7 Å². The first-order chi connectivity index (χ1) is 9.99. The van der Waals surface area contributed by atoms with Crippen molar-refractivity contribution >= 4 is 11.6 Å². The Labute approximate surface area is 122 Å². The highest BCUT2D eigenvalue weighted by atomic mass is 16.6. The van der Waals surface area contributed by atoms with Gasteiger partial charge < -0.3 is 9.80 Å². The van der Waals surface area contributed by atoms with Crippen molar-refractivity contribution in [2.75, 3.05) is 26.2 Å². The van der Waals surface area contributed by atoms with Crippen LogP contribution in [0.1, 0.15) is 29.0 Å². The number of amides is 1. The molecule has 0 radical (unpaired) electrons. The minimum atomic E-state index is -0.507. The van der Waals surface area contributed by atoms with Crippen LogP contribution in [0.15, 0.2) is 0 Å². The van der Waals surface area contributed by atoms with Crippen molar-refractivity contribution in [2.24, 2.45) is 7.05 Å². The second kappa shape index (κ2) is 5.10. The number of piperazine rings is 1. The first-order valence-electron chi connectivity index (χ1n) is 7.31. The Morgan fingerprint density at radius 3 is 2.95 bits per heavy atom. The molecule has 21 heavy (non-hydrogen) atoms. The van der Waals surface area contributed by atoms with Crippen molar-refractivity contribution < 1.29 is 14.6 Å². The third-order valence-electron chi connectivity index (χ3n) is 4.75. The molecule has 2 atom stereocenters. The quantitative estimate of drug-likeness (QED) is 0.568. The molecule has 2 aliphatic rings. The van der Waals surface area contributed by atoms with Crippen LogP contribution in [0, 0.1) is 17.0 Å². The van der Waals surface area contributed by atoms with E-state index < -0.39 is 4.92 Å². The molecule has 0 aromatic carbocycles. The van der Waals surface area contributed by atoms with E-state index in [1.54, 1.807) is 23.8 Å². The Morgan fingerprint density at radius 1 is 1.48 bits per heavy atom. The normalized spacial score (nSPS) is 25.0. The van der Waals surface area contributed by atoms with E-state index in [-0.39, 0.29) is 17.3 Å².